The minimum Gasteiger partial charge on any atom is -0.508 e. The summed E-state index contributed by atoms with van der Waals surface area (Å²) in [6, 6.07) is 8.46. The average molecular weight is 399 g/mol. The molecule has 8 heteroatoms. The lowest BCUT2D eigenvalue weighted by Crippen LogP contribution is -2.16. The Morgan fingerprint density at radius 3 is 2.44 bits per heavy atom. The van der Waals surface area contributed by atoms with Gasteiger partial charge in [0, 0.05) is 22.5 Å². The third-order valence-corrected chi connectivity index (χ3v) is 4.25. The van der Waals surface area contributed by atoms with Gasteiger partial charge >= 0.3 is 5.63 Å². The molecule has 1 aromatic heterocycles. The van der Waals surface area contributed by atoms with E-state index < -0.39 is 11.5 Å². The number of anilines is 1. The number of carbonyl (C=O) groups excluding carboxylic acids is 1. The molecule has 0 bridgehead atoms. The van der Waals surface area contributed by atoms with Crippen LogP contribution < -0.4 is 10.9 Å². The lowest BCUT2D eigenvalue weighted by molar-refractivity contribution is -0.115. The van der Waals surface area contributed by atoms with Crippen molar-refractivity contribution >= 4 is 57.4 Å². The van der Waals surface area contributed by atoms with Gasteiger partial charge in [0.25, 0.3) is 0 Å². The van der Waals surface area contributed by atoms with E-state index in [-0.39, 0.29) is 33.5 Å². The Balaban J connectivity index is 1.92. The monoisotopic (exact) mass is 397 g/mol. The van der Waals surface area contributed by atoms with E-state index in [0.29, 0.717) is 16.0 Å². The van der Waals surface area contributed by atoms with Crippen LogP contribution in [-0.4, -0.2) is 11.0 Å². The summed E-state index contributed by atoms with van der Waals surface area (Å²) in [5.74, 6) is -0.469. The van der Waals surface area contributed by atoms with Crippen LogP contribution in [0, 0.1) is 0 Å². The van der Waals surface area contributed by atoms with Crippen LogP contribution in [0.15, 0.2) is 45.6 Å². The first-order chi connectivity index (χ1) is 11.8. The number of amides is 1. The molecule has 2 aromatic carbocycles. The fourth-order valence-corrected chi connectivity index (χ4v) is 3.29. The molecular weight excluding hydrogens is 389 g/mol. The summed E-state index contributed by atoms with van der Waals surface area (Å²) in [7, 11) is 0. The highest BCUT2D eigenvalue weighted by Crippen LogP contribution is 2.33. The Labute approximate surface area is 156 Å². The molecule has 0 unspecified atom stereocenters. The van der Waals surface area contributed by atoms with Gasteiger partial charge in [-0.3, -0.25) is 4.79 Å². The molecule has 128 valence electrons. The number of phenolic OH excluding ortho intramolecular Hbond substituents is 1. The molecule has 3 aromatic rings. The molecule has 2 N–H and O–H groups in total. The summed E-state index contributed by atoms with van der Waals surface area (Å²) in [4.78, 5) is 24.0. The van der Waals surface area contributed by atoms with Gasteiger partial charge in [-0.05, 0) is 29.8 Å². The molecule has 0 radical (unpaired) electrons. The fraction of sp³-hybridized carbons (Fsp3) is 0.0588. The smallest absolute Gasteiger partial charge is 0.336 e. The Morgan fingerprint density at radius 2 is 1.76 bits per heavy atom. The van der Waals surface area contributed by atoms with E-state index in [1.807, 2.05) is 0 Å². The standard InChI is InChI=1S/C17H10Cl3NO4/c18-9-5-12(19)17(13(20)6-9)21-15(23)3-8-4-16(24)25-14-7-10(22)1-2-11(8)14/h1-2,4-7,22H,3H2,(H,21,23). The minimum absolute atomic E-state index is 0.0445. The van der Waals surface area contributed by atoms with Gasteiger partial charge in [0.15, 0.2) is 0 Å². The van der Waals surface area contributed by atoms with Gasteiger partial charge in [-0.25, -0.2) is 4.79 Å². The maximum absolute atomic E-state index is 12.3. The number of hydrogen-bond donors (Lipinski definition) is 2. The van der Waals surface area contributed by atoms with Crippen molar-refractivity contribution in [2.75, 3.05) is 5.32 Å². The quantitative estimate of drug-likeness (QED) is 0.630. The highest BCUT2D eigenvalue weighted by Gasteiger charge is 2.14. The van der Waals surface area contributed by atoms with Crippen LogP contribution in [0.4, 0.5) is 5.69 Å². The van der Waals surface area contributed by atoms with E-state index in [9.17, 15) is 14.7 Å². The number of rotatable bonds is 3. The number of hydrogen-bond acceptors (Lipinski definition) is 4. The van der Waals surface area contributed by atoms with Crippen LogP contribution in [0.3, 0.4) is 0 Å². The maximum Gasteiger partial charge on any atom is 0.336 e. The van der Waals surface area contributed by atoms with Gasteiger partial charge in [-0.1, -0.05) is 34.8 Å². The van der Waals surface area contributed by atoms with E-state index in [1.165, 1.54) is 30.3 Å². The highest BCUT2D eigenvalue weighted by molar-refractivity contribution is 6.42. The van der Waals surface area contributed by atoms with E-state index in [4.69, 9.17) is 39.2 Å². The topological polar surface area (TPSA) is 79.5 Å². The largest absolute Gasteiger partial charge is 0.508 e. The second kappa shape index (κ2) is 6.96. The predicted molar refractivity (Wildman–Crippen MR) is 98.0 cm³/mol. The van der Waals surface area contributed by atoms with Gasteiger partial charge in [0.2, 0.25) is 5.91 Å². The molecule has 3 rings (SSSR count). The van der Waals surface area contributed by atoms with Crippen LogP contribution in [0.25, 0.3) is 11.0 Å². The molecular formula is C17H10Cl3NO4. The minimum atomic E-state index is -0.622. The normalized spacial score (nSPS) is 10.8. The third-order valence-electron chi connectivity index (χ3n) is 3.44. The summed E-state index contributed by atoms with van der Waals surface area (Å²) in [5, 5.41) is 13.4. The summed E-state index contributed by atoms with van der Waals surface area (Å²) in [6.07, 6.45) is -0.109. The summed E-state index contributed by atoms with van der Waals surface area (Å²) < 4.78 is 5.03. The molecule has 0 aliphatic rings. The summed E-state index contributed by atoms with van der Waals surface area (Å²) >= 11 is 17.9. The first-order valence-corrected chi connectivity index (χ1v) is 8.17. The van der Waals surface area contributed by atoms with Crippen LogP contribution in [0.2, 0.25) is 15.1 Å². The van der Waals surface area contributed by atoms with E-state index in [1.54, 1.807) is 6.07 Å². The van der Waals surface area contributed by atoms with E-state index in [2.05, 4.69) is 5.32 Å². The van der Waals surface area contributed by atoms with Gasteiger partial charge in [0.1, 0.15) is 11.3 Å². The van der Waals surface area contributed by atoms with Crippen molar-refractivity contribution in [1.29, 1.82) is 0 Å². The molecule has 0 saturated heterocycles. The van der Waals surface area contributed by atoms with Crippen LogP contribution in [0.5, 0.6) is 5.75 Å². The second-order valence-electron chi connectivity index (χ2n) is 5.24. The van der Waals surface area contributed by atoms with Crippen LogP contribution in [-0.2, 0) is 11.2 Å². The molecule has 0 spiro atoms. The molecule has 0 aliphatic heterocycles. The molecule has 0 saturated carbocycles. The van der Waals surface area contributed by atoms with Gasteiger partial charge in [-0.2, -0.15) is 0 Å². The third kappa shape index (κ3) is 3.90. The van der Waals surface area contributed by atoms with E-state index >= 15 is 0 Å². The highest BCUT2D eigenvalue weighted by atomic mass is 35.5. The second-order valence-corrected chi connectivity index (χ2v) is 6.49. The molecule has 0 atom stereocenters. The van der Waals surface area contributed by atoms with Crippen LogP contribution >= 0.6 is 34.8 Å². The molecule has 1 heterocycles. The number of benzene rings is 2. The molecule has 1 amide bonds. The number of aromatic hydroxyl groups is 1. The fourth-order valence-electron chi connectivity index (χ4n) is 2.38. The Kier molecular flexibility index (Phi) is 4.90. The lowest BCUT2D eigenvalue weighted by atomic mass is 10.1. The average Bonchev–Trinajstić information content (AvgIpc) is 2.50. The number of carbonyl (C=O) groups is 1. The van der Waals surface area contributed by atoms with Crippen molar-refractivity contribution in [3.05, 3.63) is 67.4 Å². The van der Waals surface area contributed by atoms with Crippen molar-refractivity contribution in [2.45, 2.75) is 6.42 Å². The zero-order valence-corrected chi connectivity index (χ0v) is 14.7. The van der Waals surface area contributed by atoms with Crippen molar-refractivity contribution in [3.63, 3.8) is 0 Å². The van der Waals surface area contributed by atoms with Crippen molar-refractivity contribution in [3.8, 4) is 5.75 Å². The lowest BCUT2D eigenvalue weighted by Gasteiger charge is -2.10. The molecule has 0 fully saturated rings. The first-order valence-electron chi connectivity index (χ1n) is 7.03. The van der Waals surface area contributed by atoms with Crippen molar-refractivity contribution in [2.24, 2.45) is 0 Å². The van der Waals surface area contributed by atoms with Gasteiger partial charge in [-0.15, -0.1) is 0 Å². The van der Waals surface area contributed by atoms with Crippen molar-refractivity contribution in [1.82, 2.24) is 0 Å². The Morgan fingerprint density at radius 1 is 1.08 bits per heavy atom. The maximum atomic E-state index is 12.3. The zero-order chi connectivity index (χ0) is 18.1. The molecule has 25 heavy (non-hydrogen) atoms. The predicted octanol–water partition coefficient (Wildman–Crippen LogP) is 4.64. The zero-order valence-electron chi connectivity index (χ0n) is 12.5. The molecule has 5 nitrogen and oxygen atoms in total. The SMILES string of the molecule is O=C(Cc1cc(=O)oc2cc(O)ccc12)Nc1c(Cl)cc(Cl)cc1Cl. The van der Waals surface area contributed by atoms with Crippen molar-refractivity contribution < 1.29 is 14.3 Å². The summed E-state index contributed by atoms with van der Waals surface area (Å²) in [5.41, 5.74) is 0.258. The number of phenols is 1. The number of nitrogens with one attached hydrogen (secondary N) is 1. The molecule has 0 aliphatic carbocycles. The summed E-state index contributed by atoms with van der Waals surface area (Å²) in [6.45, 7) is 0. The van der Waals surface area contributed by atoms with Gasteiger partial charge < -0.3 is 14.8 Å². The number of fused-ring (bicyclic) bond motifs is 1. The number of halogens is 3. The Bertz CT molecular complexity index is 1020. The Hall–Kier alpha value is -2.21. The first kappa shape index (κ1) is 17.6. The van der Waals surface area contributed by atoms with E-state index in [0.717, 1.165) is 0 Å². The van der Waals surface area contributed by atoms with Crippen LogP contribution in [0.1, 0.15) is 5.56 Å². The van der Waals surface area contributed by atoms with Gasteiger partial charge in [0.05, 0.1) is 22.2 Å².